The average molecular weight is 174 g/mol. The van der Waals surface area contributed by atoms with E-state index in [0.29, 0.717) is 13.0 Å². The lowest BCUT2D eigenvalue weighted by Crippen LogP contribution is -2.31. The van der Waals surface area contributed by atoms with E-state index in [1.807, 2.05) is 7.05 Å². The van der Waals surface area contributed by atoms with Crippen molar-refractivity contribution < 1.29 is 5.11 Å². The number of nitrogens with zero attached hydrogens (tertiary/aromatic N) is 1. The molecule has 3 nitrogen and oxygen atoms in total. The van der Waals surface area contributed by atoms with Gasteiger partial charge in [-0.25, -0.2) is 0 Å². The fraction of sp³-hybridized carbons (Fsp3) is 1.00. The number of hydrogen-bond acceptors (Lipinski definition) is 3. The molecule has 1 atom stereocenters. The average Bonchev–Trinajstić information content (AvgIpc) is 2.01. The SMILES string of the molecule is CCCCN(C)CC(O)CCN. The molecule has 0 saturated heterocycles. The minimum Gasteiger partial charge on any atom is -0.392 e. The van der Waals surface area contributed by atoms with Crippen molar-refractivity contribution in [1.29, 1.82) is 0 Å². The Balaban J connectivity index is 3.33. The van der Waals surface area contributed by atoms with Gasteiger partial charge >= 0.3 is 0 Å². The Hall–Kier alpha value is -0.120. The van der Waals surface area contributed by atoms with Crippen LogP contribution in [0.15, 0.2) is 0 Å². The molecule has 0 bridgehead atoms. The Morgan fingerprint density at radius 3 is 2.67 bits per heavy atom. The normalized spacial score (nSPS) is 13.8. The summed E-state index contributed by atoms with van der Waals surface area (Å²) in [7, 11) is 2.04. The van der Waals surface area contributed by atoms with Crippen molar-refractivity contribution in [2.45, 2.75) is 32.3 Å². The number of nitrogens with two attached hydrogens (primary N) is 1. The minimum atomic E-state index is -0.253. The summed E-state index contributed by atoms with van der Waals surface area (Å²) < 4.78 is 0. The monoisotopic (exact) mass is 174 g/mol. The van der Waals surface area contributed by atoms with Crippen LogP contribution in [0.1, 0.15) is 26.2 Å². The fourth-order valence-corrected chi connectivity index (χ4v) is 1.16. The highest BCUT2D eigenvalue weighted by molar-refractivity contribution is 4.61. The van der Waals surface area contributed by atoms with Crippen molar-refractivity contribution in [2.24, 2.45) is 5.73 Å². The Morgan fingerprint density at radius 1 is 1.50 bits per heavy atom. The zero-order valence-electron chi connectivity index (χ0n) is 8.29. The molecule has 0 aromatic rings. The van der Waals surface area contributed by atoms with Gasteiger partial charge in [0.05, 0.1) is 6.10 Å². The van der Waals surface area contributed by atoms with E-state index in [1.165, 1.54) is 12.8 Å². The summed E-state index contributed by atoms with van der Waals surface area (Å²) in [5.41, 5.74) is 5.33. The van der Waals surface area contributed by atoms with E-state index in [1.54, 1.807) is 0 Å². The van der Waals surface area contributed by atoms with E-state index in [-0.39, 0.29) is 6.10 Å². The second-order valence-electron chi connectivity index (χ2n) is 3.35. The van der Waals surface area contributed by atoms with E-state index < -0.39 is 0 Å². The number of unbranched alkanes of at least 4 members (excludes halogenated alkanes) is 1. The first-order chi connectivity index (χ1) is 5.70. The molecular formula is C9H22N2O. The summed E-state index contributed by atoms with van der Waals surface area (Å²) >= 11 is 0. The van der Waals surface area contributed by atoms with E-state index in [2.05, 4.69) is 11.8 Å². The van der Waals surface area contributed by atoms with Crippen molar-refractivity contribution >= 4 is 0 Å². The Bertz CT molecular complexity index is 98.5. The number of aliphatic hydroxyl groups is 1. The van der Waals surface area contributed by atoms with E-state index >= 15 is 0 Å². The predicted octanol–water partition coefficient (Wildman–Crippen LogP) is 0.428. The number of aliphatic hydroxyl groups excluding tert-OH is 1. The van der Waals surface area contributed by atoms with Gasteiger partial charge in [-0.15, -0.1) is 0 Å². The first-order valence-electron chi connectivity index (χ1n) is 4.77. The molecule has 0 radical (unpaired) electrons. The summed E-state index contributed by atoms with van der Waals surface area (Å²) in [5, 5.41) is 9.40. The first kappa shape index (κ1) is 11.9. The lowest BCUT2D eigenvalue weighted by molar-refractivity contribution is 0.119. The van der Waals surface area contributed by atoms with Crippen molar-refractivity contribution in [3.8, 4) is 0 Å². The van der Waals surface area contributed by atoms with Crippen molar-refractivity contribution in [2.75, 3.05) is 26.7 Å². The zero-order chi connectivity index (χ0) is 9.40. The Kier molecular flexibility index (Phi) is 7.45. The third kappa shape index (κ3) is 6.58. The molecule has 0 aliphatic heterocycles. The Morgan fingerprint density at radius 2 is 2.17 bits per heavy atom. The van der Waals surface area contributed by atoms with Gasteiger partial charge in [0.1, 0.15) is 0 Å². The second kappa shape index (κ2) is 7.53. The molecule has 74 valence electrons. The molecule has 0 aromatic heterocycles. The maximum atomic E-state index is 9.40. The summed E-state index contributed by atoms with van der Waals surface area (Å²) in [6.45, 7) is 4.56. The van der Waals surface area contributed by atoms with Gasteiger partial charge in [0, 0.05) is 6.54 Å². The van der Waals surface area contributed by atoms with Crippen LogP contribution in [0.5, 0.6) is 0 Å². The first-order valence-corrected chi connectivity index (χ1v) is 4.77. The molecule has 1 unspecified atom stereocenters. The predicted molar refractivity (Wildman–Crippen MR) is 52.1 cm³/mol. The third-order valence-corrected chi connectivity index (χ3v) is 1.92. The van der Waals surface area contributed by atoms with Crippen molar-refractivity contribution in [3.63, 3.8) is 0 Å². The van der Waals surface area contributed by atoms with Crippen LogP contribution >= 0.6 is 0 Å². The molecule has 0 aliphatic carbocycles. The zero-order valence-corrected chi connectivity index (χ0v) is 8.29. The van der Waals surface area contributed by atoms with E-state index in [0.717, 1.165) is 13.1 Å². The number of rotatable bonds is 7. The number of hydrogen-bond donors (Lipinski definition) is 2. The van der Waals surface area contributed by atoms with Gasteiger partial charge in [-0.3, -0.25) is 0 Å². The summed E-state index contributed by atoms with van der Waals surface area (Å²) in [6, 6.07) is 0. The van der Waals surface area contributed by atoms with Crippen LogP contribution in [0.4, 0.5) is 0 Å². The molecule has 0 aromatic carbocycles. The molecular weight excluding hydrogens is 152 g/mol. The van der Waals surface area contributed by atoms with Crippen LogP contribution in [-0.2, 0) is 0 Å². The van der Waals surface area contributed by atoms with Gasteiger partial charge in [-0.05, 0) is 33.0 Å². The van der Waals surface area contributed by atoms with Gasteiger partial charge in [-0.2, -0.15) is 0 Å². The molecule has 0 amide bonds. The fourth-order valence-electron chi connectivity index (χ4n) is 1.16. The third-order valence-electron chi connectivity index (χ3n) is 1.92. The Labute approximate surface area is 75.6 Å². The van der Waals surface area contributed by atoms with Crippen LogP contribution in [0.25, 0.3) is 0 Å². The molecule has 0 rings (SSSR count). The molecule has 12 heavy (non-hydrogen) atoms. The summed E-state index contributed by atoms with van der Waals surface area (Å²) in [5.74, 6) is 0. The molecule has 0 heterocycles. The van der Waals surface area contributed by atoms with Crippen LogP contribution in [0.2, 0.25) is 0 Å². The molecule has 0 fully saturated rings. The largest absolute Gasteiger partial charge is 0.392 e. The molecule has 0 spiro atoms. The van der Waals surface area contributed by atoms with Gasteiger partial charge in [0.15, 0.2) is 0 Å². The van der Waals surface area contributed by atoms with E-state index in [4.69, 9.17) is 5.73 Å². The summed E-state index contributed by atoms with van der Waals surface area (Å²) in [4.78, 5) is 2.16. The standard InChI is InChI=1S/C9H22N2O/c1-3-4-7-11(2)8-9(12)5-6-10/h9,12H,3-8,10H2,1-2H3. The van der Waals surface area contributed by atoms with Crippen molar-refractivity contribution in [3.05, 3.63) is 0 Å². The molecule has 3 N–H and O–H groups in total. The maximum absolute atomic E-state index is 9.40. The lowest BCUT2D eigenvalue weighted by Gasteiger charge is -2.19. The second-order valence-corrected chi connectivity index (χ2v) is 3.35. The van der Waals surface area contributed by atoms with Gasteiger partial charge in [0.25, 0.3) is 0 Å². The molecule has 3 heteroatoms. The smallest absolute Gasteiger partial charge is 0.0679 e. The van der Waals surface area contributed by atoms with Gasteiger partial charge in [-0.1, -0.05) is 13.3 Å². The van der Waals surface area contributed by atoms with Crippen LogP contribution < -0.4 is 5.73 Å². The van der Waals surface area contributed by atoms with E-state index in [9.17, 15) is 5.11 Å². The van der Waals surface area contributed by atoms with Crippen LogP contribution in [0, 0.1) is 0 Å². The van der Waals surface area contributed by atoms with Gasteiger partial charge < -0.3 is 15.7 Å². The highest BCUT2D eigenvalue weighted by Crippen LogP contribution is 1.96. The molecule has 0 saturated carbocycles. The highest BCUT2D eigenvalue weighted by atomic mass is 16.3. The van der Waals surface area contributed by atoms with Gasteiger partial charge in [0.2, 0.25) is 0 Å². The number of likely N-dealkylation sites (N-methyl/N-ethyl adjacent to an activating group) is 1. The highest BCUT2D eigenvalue weighted by Gasteiger charge is 2.05. The minimum absolute atomic E-state index is 0.253. The lowest BCUT2D eigenvalue weighted by atomic mass is 10.2. The molecule has 0 aliphatic rings. The van der Waals surface area contributed by atoms with Crippen molar-refractivity contribution in [1.82, 2.24) is 4.90 Å². The summed E-state index contributed by atoms with van der Waals surface area (Å²) in [6.07, 6.45) is 2.86. The topological polar surface area (TPSA) is 49.5 Å². The van der Waals surface area contributed by atoms with Crippen LogP contribution in [0.3, 0.4) is 0 Å². The quantitative estimate of drug-likeness (QED) is 0.588. The van der Waals surface area contributed by atoms with Crippen LogP contribution in [-0.4, -0.2) is 42.8 Å². The maximum Gasteiger partial charge on any atom is 0.0679 e.